The molecule has 6 nitrogen and oxygen atoms in total. The molecule has 0 aliphatic carbocycles. The van der Waals surface area contributed by atoms with Crippen LogP contribution in [-0.2, 0) is 6.18 Å². The van der Waals surface area contributed by atoms with Crippen LogP contribution in [0.2, 0.25) is 5.02 Å². The number of amides is 1. The second-order valence-electron chi connectivity index (χ2n) is 4.52. The lowest BCUT2D eigenvalue weighted by atomic mass is 10.2. The molecule has 0 spiro atoms. The van der Waals surface area contributed by atoms with Gasteiger partial charge >= 0.3 is 6.18 Å². The summed E-state index contributed by atoms with van der Waals surface area (Å²) in [6, 6.07) is 0.733. The average molecular weight is 349 g/mol. The Morgan fingerprint density at radius 3 is 2.74 bits per heavy atom. The van der Waals surface area contributed by atoms with Crippen LogP contribution in [0, 0.1) is 6.92 Å². The fourth-order valence-electron chi connectivity index (χ4n) is 1.67. The van der Waals surface area contributed by atoms with Crippen LogP contribution in [0.25, 0.3) is 0 Å². The highest BCUT2D eigenvalue weighted by Gasteiger charge is 2.31. The van der Waals surface area contributed by atoms with E-state index in [0.29, 0.717) is 17.5 Å². The molecule has 1 amide bonds. The molecule has 0 unspecified atom stereocenters. The number of aromatic amines is 1. The predicted octanol–water partition coefficient (Wildman–Crippen LogP) is 2.59. The first-order chi connectivity index (χ1) is 10.8. The molecule has 0 fully saturated rings. The Labute approximate surface area is 134 Å². The van der Waals surface area contributed by atoms with Gasteiger partial charge < -0.3 is 10.1 Å². The zero-order valence-electron chi connectivity index (χ0n) is 11.9. The van der Waals surface area contributed by atoms with Crippen molar-refractivity contribution in [3.05, 3.63) is 40.3 Å². The van der Waals surface area contributed by atoms with Gasteiger partial charge in [0.2, 0.25) is 5.88 Å². The van der Waals surface area contributed by atoms with E-state index < -0.39 is 11.7 Å². The lowest BCUT2D eigenvalue weighted by Gasteiger charge is -2.10. The van der Waals surface area contributed by atoms with E-state index in [1.165, 1.54) is 6.20 Å². The fourth-order valence-corrected chi connectivity index (χ4v) is 1.89. The molecule has 0 radical (unpaired) electrons. The molecule has 2 aromatic rings. The zero-order chi connectivity index (χ0) is 17.0. The molecule has 0 atom stereocenters. The van der Waals surface area contributed by atoms with Crippen LogP contribution < -0.4 is 10.1 Å². The van der Waals surface area contributed by atoms with Crippen molar-refractivity contribution < 1.29 is 22.7 Å². The number of hydrogen-bond acceptors (Lipinski definition) is 4. The van der Waals surface area contributed by atoms with Gasteiger partial charge in [-0.05, 0) is 13.0 Å². The largest absolute Gasteiger partial charge is 0.475 e. The predicted molar refractivity (Wildman–Crippen MR) is 75.4 cm³/mol. The number of H-pyrrole nitrogens is 1. The van der Waals surface area contributed by atoms with Crippen molar-refractivity contribution in [2.24, 2.45) is 0 Å². The average Bonchev–Trinajstić information content (AvgIpc) is 2.90. The molecular formula is C13H12ClF3N4O2. The summed E-state index contributed by atoms with van der Waals surface area (Å²) in [6.07, 6.45) is -2.50. The lowest BCUT2D eigenvalue weighted by molar-refractivity contribution is -0.137. The topological polar surface area (TPSA) is 79.9 Å². The van der Waals surface area contributed by atoms with Crippen molar-refractivity contribution in [1.82, 2.24) is 20.5 Å². The summed E-state index contributed by atoms with van der Waals surface area (Å²) in [5.74, 6) is -0.472. The van der Waals surface area contributed by atoms with Crippen molar-refractivity contribution >= 4 is 17.5 Å². The highest BCUT2D eigenvalue weighted by Crippen LogP contribution is 2.32. The number of alkyl halides is 3. The normalized spacial score (nSPS) is 11.3. The molecule has 0 aliphatic rings. The van der Waals surface area contributed by atoms with Gasteiger partial charge in [0.1, 0.15) is 11.6 Å². The molecule has 124 valence electrons. The highest BCUT2D eigenvalue weighted by atomic mass is 35.5. The summed E-state index contributed by atoms with van der Waals surface area (Å²) < 4.78 is 42.6. The molecule has 0 saturated heterocycles. The van der Waals surface area contributed by atoms with E-state index in [9.17, 15) is 18.0 Å². The summed E-state index contributed by atoms with van der Waals surface area (Å²) in [7, 11) is 0. The first-order valence-corrected chi connectivity index (χ1v) is 6.80. The van der Waals surface area contributed by atoms with Gasteiger partial charge in [-0.1, -0.05) is 11.6 Å². The minimum absolute atomic E-state index is 0.000718. The highest BCUT2D eigenvalue weighted by molar-refractivity contribution is 6.31. The number of hydrogen-bond donors (Lipinski definition) is 2. The minimum Gasteiger partial charge on any atom is -0.475 e. The number of aromatic nitrogens is 3. The maximum Gasteiger partial charge on any atom is 0.417 e. The minimum atomic E-state index is -4.52. The Hall–Kier alpha value is -2.29. The Bertz CT molecular complexity index is 703. The lowest BCUT2D eigenvalue weighted by Crippen LogP contribution is -2.28. The van der Waals surface area contributed by atoms with Gasteiger partial charge in [0, 0.05) is 11.9 Å². The molecule has 0 aromatic carbocycles. The van der Waals surface area contributed by atoms with Gasteiger partial charge in [-0.2, -0.15) is 18.3 Å². The van der Waals surface area contributed by atoms with E-state index in [0.717, 1.165) is 6.07 Å². The third-order valence-electron chi connectivity index (χ3n) is 2.84. The summed E-state index contributed by atoms with van der Waals surface area (Å²) >= 11 is 5.69. The van der Waals surface area contributed by atoms with E-state index >= 15 is 0 Å². The number of aryl methyl sites for hydroxylation is 1. The number of ether oxygens (including phenoxy) is 1. The molecule has 2 N–H and O–H groups in total. The Morgan fingerprint density at radius 1 is 1.43 bits per heavy atom. The first-order valence-electron chi connectivity index (χ1n) is 6.42. The first kappa shape index (κ1) is 17.1. The molecule has 0 aliphatic heterocycles. The van der Waals surface area contributed by atoms with Crippen LogP contribution >= 0.6 is 11.6 Å². The molecule has 0 saturated carbocycles. The Balaban J connectivity index is 1.85. The van der Waals surface area contributed by atoms with Gasteiger partial charge in [-0.15, -0.1) is 0 Å². The third-order valence-corrected chi connectivity index (χ3v) is 3.11. The van der Waals surface area contributed by atoms with Crippen molar-refractivity contribution in [2.75, 3.05) is 13.2 Å². The maximum atomic E-state index is 12.5. The maximum absolute atomic E-state index is 12.5. The number of carbonyl (C=O) groups excluding carboxylic acids is 1. The van der Waals surface area contributed by atoms with Crippen LogP contribution in [0.4, 0.5) is 13.2 Å². The molecule has 0 bridgehead atoms. The number of halogens is 4. The number of carbonyl (C=O) groups is 1. The van der Waals surface area contributed by atoms with Crippen molar-refractivity contribution in [3.63, 3.8) is 0 Å². The molecular weight excluding hydrogens is 337 g/mol. The van der Waals surface area contributed by atoms with Crippen LogP contribution in [0.15, 0.2) is 18.5 Å². The van der Waals surface area contributed by atoms with E-state index in [2.05, 4.69) is 20.5 Å². The van der Waals surface area contributed by atoms with E-state index in [4.69, 9.17) is 16.3 Å². The van der Waals surface area contributed by atoms with Gasteiger partial charge in [-0.25, -0.2) is 4.98 Å². The molecule has 23 heavy (non-hydrogen) atoms. The van der Waals surface area contributed by atoms with Crippen LogP contribution in [0.1, 0.15) is 21.6 Å². The number of rotatable bonds is 5. The number of nitrogens with zero attached hydrogens (tertiary/aromatic N) is 2. The van der Waals surface area contributed by atoms with Gasteiger partial charge in [0.15, 0.2) is 0 Å². The smallest absolute Gasteiger partial charge is 0.417 e. The van der Waals surface area contributed by atoms with Gasteiger partial charge in [-0.3, -0.25) is 9.89 Å². The Morgan fingerprint density at radius 2 is 2.17 bits per heavy atom. The van der Waals surface area contributed by atoms with Crippen LogP contribution in [0.3, 0.4) is 0 Å². The zero-order valence-corrected chi connectivity index (χ0v) is 12.6. The summed E-state index contributed by atoms with van der Waals surface area (Å²) in [5.41, 5.74) is 0.0603. The van der Waals surface area contributed by atoms with Crippen molar-refractivity contribution in [3.8, 4) is 5.88 Å². The van der Waals surface area contributed by atoms with Crippen LogP contribution in [0.5, 0.6) is 5.88 Å². The van der Waals surface area contributed by atoms with Crippen LogP contribution in [-0.4, -0.2) is 34.2 Å². The van der Waals surface area contributed by atoms with Gasteiger partial charge in [0.05, 0.1) is 23.9 Å². The SMILES string of the molecule is Cc1[nH]ncc1C(=O)NCCOc1ncc(C(F)(F)F)cc1Cl. The third kappa shape index (κ3) is 4.35. The van der Waals surface area contributed by atoms with E-state index in [1.807, 2.05) is 0 Å². The number of pyridine rings is 1. The quantitative estimate of drug-likeness (QED) is 0.814. The van der Waals surface area contributed by atoms with Crippen molar-refractivity contribution in [1.29, 1.82) is 0 Å². The fraction of sp³-hybridized carbons (Fsp3) is 0.308. The van der Waals surface area contributed by atoms with E-state index in [-0.39, 0.29) is 30.0 Å². The summed E-state index contributed by atoms with van der Waals surface area (Å²) in [6.45, 7) is 1.83. The van der Waals surface area contributed by atoms with E-state index in [1.54, 1.807) is 6.92 Å². The van der Waals surface area contributed by atoms with Gasteiger partial charge in [0.25, 0.3) is 5.91 Å². The molecule has 2 heterocycles. The Kier molecular flexibility index (Phi) is 5.09. The summed E-state index contributed by atoms with van der Waals surface area (Å²) in [4.78, 5) is 15.3. The summed E-state index contributed by atoms with van der Waals surface area (Å²) in [5, 5.41) is 8.67. The molecule has 10 heteroatoms. The monoisotopic (exact) mass is 348 g/mol. The second-order valence-corrected chi connectivity index (χ2v) is 4.93. The molecule has 2 aromatic heterocycles. The number of nitrogens with one attached hydrogen (secondary N) is 2. The second kappa shape index (κ2) is 6.86. The molecule has 2 rings (SSSR count). The van der Waals surface area contributed by atoms with Crippen molar-refractivity contribution in [2.45, 2.75) is 13.1 Å². The standard InChI is InChI=1S/C13H12ClF3N4O2/c1-7-9(6-20-21-7)11(22)18-2-3-23-12-10(14)4-8(5-19-12)13(15,16)17/h4-6H,2-3H2,1H3,(H,18,22)(H,20,21).